The van der Waals surface area contributed by atoms with Gasteiger partial charge in [0.05, 0.1) is 11.6 Å². The average Bonchev–Trinajstić information content (AvgIpc) is 2.85. The Hall–Kier alpha value is -3.58. The number of rotatable bonds is 8. The van der Waals surface area contributed by atoms with Crippen molar-refractivity contribution >= 4 is 17.4 Å². The van der Waals surface area contributed by atoms with E-state index in [4.69, 9.17) is 0 Å². The zero-order valence-electron chi connectivity index (χ0n) is 18.8. The maximum Gasteiger partial charge on any atom is 0.254 e. The van der Waals surface area contributed by atoms with Gasteiger partial charge in [-0.05, 0) is 47.9 Å². The number of amides is 1. The number of carbonyl (C=O) groups is 2. The molecule has 1 aliphatic heterocycles. The molecule has 2 N–H and O–H groups in total. The molecule has 3 aromatic rings. The Balaban J connectivity index is 1.59. The maximum atomic E-state index is 14.2. The van der Waals surface area contributed by atoms with Crippen molar-refractivity contribution < 1.29 is 18.4 Å². The highest BCUT2D eigenvalue weighted by molar-refractivity contribution is 5.98. The molecule has 1 heterocycles. The van der Waals surface area contributed by atoms with Crippen LogP contribution in [0.2, 0.25) is 0 Å². The van der Waals surface area contributed by atoms with Crippen molar-refractivity contribution in [2.45, 2.75) is 18.9 Å². The lowest BCUT2D eigenvalue weighted by molar-refractivity contribution is -0.120. The Morgan fingerprint density at radius 1 is 0.941 bits per heavy atom. The van der Waals surface area contributed by atoms with Crippen LogP contribution in [-0.4, -0.2) is 43.9 Å². The van der Waals surface area contributed by atoms with Gasteiger partial charge in [-0.15, -0.1) is 0 Å². The number of piperazine rings is 1. The number of Topliss-reactive ketones (excluding diaryl/α,β-unsaturated/α-hetero) is 1. The summed E-state index contributed by atoms with van der Waals surface area (Å²) in [6, 6.07) is 18.5. The van der Waals surface area contributed by atoms with Crippen LogP contribution in [-0.2, 0) is 17.6 Å². The first kappa shape index (κ1) is 23.6. The zero-order valence-corrected chi connectivity index (χ0v) is 18.8. The van der Waals surface area contributed by atoms with E-state index in [2.05, 4.69) is 15.5 Å². The van der Waals surface area contributed by atoms with E-state index in [1.165, 1.54) is 30.3 Å². The van der Waals surface area contributed by atoms with E-state index in [0.717, 1.165) is 37.4 Å². The van der Waals surface area contributed by atoms with Gasteiger partial charge in [-0.2, -0.15) is 0 Å². The molecule has 1 aliphatic rings. The van der Waals surface area contributed by atoms with Crippen LogP contribution in [0.5, 0.6) is 0 Å². The van der Waals surface area contributed by atoms with Crippen molar-refractivity contribution in [2.75, 3.05) is 31.1 Å². The maximum absolute atomic E-state index is 14.2. The summed E-state index contributed by atoms with van der Waals surface area (Å²) in [5, 5.41) is 5.99. The summed E-state index contributed by atoms with van der Waals surface area (Å²) in [6.45, 7) is 3.12. The third-order valence-corrected chi connectivity index (χ3v) is 5.96. The fourth-order valence-corrected chi connectivity index (χ4v) is 4.20. The predicted octanol–water partition coefficient (Wildman–Crippen LogP) is 3.53. The topological polar surface area (TPSA) is 61.4 Å². The lowest BCUT2D eigenvalue weighted by Gasteiger charge is -2.31. The molecule has 0 saturated carbocycles. The quantitative estimate of drug-likeness (QED) is 0.537. The normalized spacial score (nSPS) is 14.5. The van der Waals surface area contributed by atoms with E-state index >= 15 is 0 Å². The second-order valence-corrected chi connectivity index (χ2v) is 8.35. The SMILES string of the molecule is O=C(NC(Cc1ccccc1)C(=O)Cc1cc(F)ccc1N1CCNCC1)c1ccccc1F. The number of carbonyl (C=O) groups excluding carboxylic acids is 2. The van der Waals surface area contributed by atoms with Crippen molar-refractivity contribution in [2.24, 2.45) is 0 Å². The van der Waals surface area contributed by atoms with E-state index in [0.29, 0.717) is 5.56 Å². The van der Waals surface area contributed by atoms with E-state index in [9.17, 15) is 18.4 Å². The standard InChI is InChI=1S/C27H27F2N3O2/c28-21-10-11-25(32-14-12-30-13-15-32)20(17-21)18-26(33)24(16-19-6-2-1-3-7-19)31-27(34)22-8-4-5-9-23(22)29/h1-11,17,24,30H,12-16,18H2,(H,31,34). The van der Waals surface area contributed by atoms with Crippen LogP contribution >= 0.6 is 0 Å². The fourth-order valence-electron chi connectivity index (χ4n) is 4.20. The summed E-state index contributed by atoms with van der Waals surface area (Å²) in [5.74, 6) is -2.00. The summed E-state index contributed by atoms with van der Waals surface area (Å²) in [5.41, 5.74) is 2.12. The highest BCUT2D eigenvalue weighted by Crippen LogP contribution is 2.24. The molecule has 34 heavy (non-hydrogen) atoms. The Kier molecular flexibility index (Phi) is 7.65. The molecule has 1 fully saturated rings. The molecular weight excluding hydrogens is 436 g/mol. The van der Waals surface area contributed by atoms with Crippen molar-refractivity contribution in [1.29, 1.82) is 0 Å². The van der Waals surface area contributed by atoms with Crippen molar-refractivity contribution in [1.82, 2.24) is 10.6 Å². The van der Waals surface area contributed by atoms with Crippen LogP contribution in [0, 0.1) is 11.6 Å². The fraction of sp³-hybridized carbons (Fsp3) is 0.259. The van der Waals surface area contributed by atoms with Crippen LogP contribution in [0.1, 0.15) is 21.5 Å². The molecule has 0 spiro atoms. The van der Waals surface area contributed by atoms with Gasteiger partial charge in [-0.1, -0.05) is 42.5 Å². The summed E-state index contributed by atoms with van der Waals surface area (Å²) < 4.78 is 28.3. The van der Waals surface area contributed by atoms with Crippen LogP contribution in [0.4, 0.5) is 14.5 Å². The van der Waals surface area contributed by atoms with Gasteiger partial charge in [0.25, 0.3) is 5.91 Å². The van der Waals surface area contributed by atoms with E-state index in [1.807, 2.05) is 30.3 Å². The smallest absolute Gasteiger partial charge is 0.254 e. The number of hydrogen-bond acceptors (Lipinski definition) is 4. The van der Waals surface area contributed by atoms with E-state index in [-0.39, 0.29) is 24.2 Å². The molecule has 0 bridgehead atoms. The van der Waals surface area contributed by atoms with Gasteiger partial charge in [0.15, 0.2) is 5.78 Å². The zero-order chi connectivity index (χ0) is 23.9. The van der Waals surface area contributed by atoms with E-state index < -0.39 is 23.6 Å². The van der Waals surface area contributed by atoms with Crippen LogP contribution in [0.3, 0.4) is 0 Å². The third-order valence-electron chi connectivity index (χ3n) is 5.96. The molecule has 7 heteroatoms. The number of nitrogens with one attached hydrogen (secondary N) is 2. The molecule has 176 valence electrons. The van der Waals surface area contributed by atoms with Crippen molar-refractivity contribution in [3.8, 4) is 0 Å². The van der Waals surface area contributed by atoms with Crippen molar-refractivity contribution in [3.63, 3.8) is 0 Å². The minimum Gasteiger partial charge on any atom is -0.369 e. The second-order valence-electron chi connectivity index (χ2n) is 8.35. The van der Waals surface area contributed by atoms with Crippen molar-refractivity contribution in [3.05, 3.63) is 101 Å². The summed E-state index contributed by atoms with van der Waals surface area (Å²) in [7, 11) is 0. The lowest BCUT2D eigenvalue weighted by atomic mass is 9.96. The molecule has 1 atom stereocenters. The lowest BCUT2D eigenvalue weighted by Crippen LogP contribution is -2.45. The molecule has 1 unspecified atom stereocenters. The van der Waals surface area contributed by atoms with Crippen LogP contribution in [0.15, 0.2) is 72.8 Å². The first-order valence-corrected chi connectivity index (χ1v) is 11.4. The second kappa shape index (κ2) is 11.0. The van der Waals surface area contributed by atoms with Gasteiger partial charge >= 0.3 is 0 Å². The average molecular weight is 464 g/mol. The Morgan fingerprint density at radius 3 is 2.38 bits per heavy atom. The Morgan fingerprint density at radius 2 is 1.65 bits per heavy atom. The van der Waals surface area contributed by atoms with E-state index in [1.54, 1.807) is 12.1 Å². The monoisotopic (exact) mass is 463 g/mol. The molecule has 3 aromatic carbocycles. The number of nitrogens with zero attached hydrogens (tertiary/aromatic N) is 1. The van der Waals surface area contributed by atoms with Gasteiger partial charge in [-0.3, -0.25) is 9.59 Å². The highest BCUT2D eigenvalue weighted by Gasteiger charge is 2.25. The molecule has 5 nitrogen and oxygen atoms in total. The molecular formula is C27H27F2N3O2. The van der Waals surface area contributed by atoms with Gasteiger partial charge in [0, 0.05) is 38.3 Å². The first-order valence-electron chi connectivity index (χ1n) is 11.4. The number of benzene rings is 3. The minimum atomic E-state index is -0.895. The number of anilines is 1. The highest BCUT2D eigenvalue weighted by atomic mass is 19.1. The molecule has 0 radical (unpaired) electrons. The molecule has 1 saturated heterocycles. The van der Waals surface area contributed by atoms with Gasteiger partial charge in [0.1, 0.15) is 11.6 Å². The van der Waals surface area contributed by atoms with Gasteiger partial charge in [0.2, 0.25) is 0 Å². The summed E-state index contributed by atoms with van der Waals surface area (Å²) in [4.78, 5) is 28.4. The summed E-state index contributed by atoms with van der Waals surface area (Å²) in [6.07, 6.45) is 0.199. The molecule has 1 amide bonds. The number of hydrogen-bond donors (Lipinski definition) is 2. The van der Waals surface area contributed by atoms with Gasteiger partial charge < -0.3 is 15.5 Å². The Labute approximate surface area is 197 Å². The molecule has 0 aromatic heterocycles. The number of ketones is 1. The first-order chi connectivity index (χ1) is 16.5. The Bertz CT molecular complexity index is 1150. The van der Waals surface area contributed by atoms with Gasteiger partial charge in [-0.25, -0.2) is 8.78 Å². The molecule has 0 aliphatic carbocycles. The molecule has 4 rings (SSSR count). The predicted molar refractivity (Wildman–Crippen MR) is 128 cm³/mol. The van der Waals surface area contributed by atoms with Crippen LogP contribution in [0.25, 0.3) is 0 Å². The summed E-state index contributed by atoms with van der Waals surface area (Å²) >= 11 is 0. The van der Waals surface area contributed by atoms with Crippen LogP contribution < -0.4 is 15.5 Å². The minimum absolute atomic E-state index is 0.0495. The number of halogens is 2. The largest absolute Gasteiger partial charge is 0.369 e. The third kappa shape index (κ3) is 5.85.